The Balaban J connectivity index is 0.000000137. The normalized spacial score (nSPS) is 11.6. The zero-order chi connectivity index (χ0) is 58.1. The van der Waals surface area contributed by atoms with Crippen LogP contribution in [0, 0.1) is 0 Å². The molecule has 6 nitrogen and oxygen atoms in total. The largest absolute Gasteiger partial charge is 0.435 e. The Bertz CT molecular complexity index is 5640. The number of para-hydroxylation sites is 1. The first-order valence-corrected chi connectivity index (χ1v) is 29.8. The molecule has 0 atom stereocenters. The molecule has 0 fully saturated rings. The first-order chi connectivity index (χ1) is 43.6. The molecular formula is C82H52N4O2. The van der Waals surface area contributed by atoms with E-state index < -0.39 is 0 Å². The molecule has 0 aliphatic rings. The van der Waals surface area contributed by atoms with Gasteiger partial charge in [-0.3, -0.25) is 0 Å². The summed E-state index contributed by atoms with van der Waals surface area (Å²) in [5.74, 6) is 1.27. The summed E-state index contributed by atoms with van der Waals surface area (Å²) in [6.07, 6.45) is 0. The van der Waals surface area contributed by atoms with Crippen LogP contribution < -0.4 is 9.80 Å². The third kappa shape index (κ3) is 8.90. The summed E-state index contributed by atoms with van der Waals surface area (Å²) >= 11 is 0. The molecule has 0 N–H and O–H groups in total. The second-order valence-corrected chi connectivity index (χ2v) is 22.5. The van der Waals surface area contributed by atoms with Crippen molar-refractivity contribution in [2.24, 2.45) is 0 Å². The molecule has 0 saturated heterocycles. The Labute approximate surface area is 506 Å². The van der Waals surface area contributed by atoms with Gasteiger partial charge in [0.2, 0.25) is 11.8 Å². The minimum atomic E-state index is 0.634. The van der Waals surface area contributed by atoms with Gasteiger partial charge in [-0.05, 0) is 185 Å². The van der Waals surface area contributed by atoms with Crippen molar-refractivity contribution in [1.29, 1.82) is 0 Å². The molecule has 88 heavy (non-hydrogen) atoms. The number of rotatable bonds is 8. The number of nitrogens with zero attached hydrogens (tertiary/aromatic N) is 4. The fourth-order valence-electron chi connectivity index (χ4n) is 12.9. The molecule has 0 amide bonds. The minimum absolute atomic E-state index is 0.634. The highest BCUT2D eigenvalue weighted by atomic mass is 16.4. The number of anilines is 6. The van der Waals surface area contributed by atoms with Crippen LogP contribution in [0.25, 0.3) is 131 Å². The smallest absolute Gasteiger partial charge is 0.227 e. The van der Waals surface area contributed by atoms with Gasteiger partial charge >= 0.3 is 0 Å². The lowest BCUT2D eigenvalue weighted by Gasteiger charge is -2.26. The average Bonchev–Trinajstić information content (AvgIpc) is 1.66. The highest BCUT2D eigenvalue weighted by molar-refractivity contribution is 6.20. The second-order valence-electron chi connectivity index (χ2n) is 22.5. The first kappa shape index (κ1) is 50.6. The molecule has 0 unspecified atom stereocenters. The number of benzene rings is 16. The van der Waals surface area contributed by atoms with E-state index in [-0.39, 0.29) is 0 Å². The SMILES string of the molecule is c1ccc(-c2nc3ccc4ccc5ccc(N(c6ccc7ccccc7c6)c6ccc7ccccc7c6)cc5c4c3o2)cc1.c1ccc(-c2nc3ccc4ccc5ccc(N(c6ccccc6)c6ccc7c(ccc8ccccc87)c6)cc5c4c3o2)cc1. The molecule has 18 aromatic rings. The zero-order valence-electron chi connectivity index (χ0n) is 47.6. The predicted molar refractivity (Wildman–Crippen MR) is 368 cm³/mol. The number of oxazole rings is 2. The fraction of sp³-hybridized carbons (Fsp3) is 0. The second kappa shape index (κ2) is 21.0. The van der Waals surface area contributed by atoms with Crippen molar-refractivity contribution >= 4 is 143 Å². The van der Waals surface area contributed by atoms with Gasteiger partial charge in [-0.15, -0.1) is 0 Å². The zero-order valence-corrected chi connectivity index (χ0v) is 47.6. The van der Waals surface area contributed by atoms with Crippen LogP contribution in [0.1, 0.15) is 0 Å². The number of hydrogen-bond acceptors (Lipinski definition) is 6. The van der Waals surface area contributed by atoms with Gasteiger partial charge in [0, 0.05) is 56.0 Å². The van der Waals surface area contributed by atoms with Gasteiger partial charge in [0.25, 0.3) is 0 Å². The molecule has 18 rings (SSSR count). The van der Waals surface area contributed by atoms with Gasteiger partial charge in [0.1, 0.15) is 11.0 Å². The number of aromatic nitrogens is 2. The topological polar surface area (TPSA) is 58.5 Å². The molecular weight excluding hydrogens is 1070 g/mol. The molecule has 2 aromatic heterocycles. The molecule has 412 valence electrons. The Morgan fingerprint density at radius 2 is 0.545 bits per heavy atom. The van der Waals surface area contributed by atoms with E-state index in [2.05, 4.69) is 265 Å². The summed E-state index contributed by atoms with van der Waals surface area (Å²) in [4.78, 5) is 14.4. The molecule has 2 heterocycles. The summed E-state index contributed by atoms with van der Waals surface area (Å²) < 4.78 is 13.0. The fourth-order valence-corrected chi connectivity index (χ4v) is 12.9. The highest BCUT2D eigenvalue weighted by Crippen LogP contribution is 2.44. The molecule has 0 radical (unpaired) electrons. The Hall–Kier alpha value is -11.9. The quantitative estimate of drug-likeness (QED) is 0.141. The summed E-state index contributed by atoms with van der Waals surface area (Å²) in [5, 5.41) is 18.8. The molecule has 0 saturated carbocycles. The van der Waals surface area contributed by atoms with Gasteiger partial charge in [0.05, 0.1) is 0 Å². The van der Waals surface area contributed by atoms with Crippen molar-refractivity contribution in [2.75, 3.05) is 9.80 Å². The van der Waals surface area contributed by atoms with Crippen LogP contribution >= 0.6 is 0 Å². The summed E-state index contributed by atoms with van der Waals surface area (Å²) in [7, 11) is 0. The first-order valence-electron chi connectivity index (χ1n) is 29.8. The van der Waals surface area contributed by atoms with Crippen molar-refractivity contribution < 1.29 is 8.83 Å². The maximum absolute atomic E-state index is 6.52. The maximum Gasteiger partial charge on any atom is 0.227 e. The van der Waals surface area contributed by atoms with Crippen LogP contribution in [0.15, 0.2) is 324 Å². The van der Waals surface area contributed by atoms with Gasteiger partial charge < -0.3 is 18.6 Å². The summed E-state index contributed by atoms with van der Waals surface area (Å²) in [6, 6.07) is 112. The Kier molecular flexibility index (Phi) is 12.1. The van der Waals surface area contributed by atoms with E-state index in [0.29, 0.717) is 11.8 Å². The minimum Gasteiger partial charge on any atom is -0.435 e. The van der Waals surface area contributed by atoms with E-state index in [4.69, 9.17) is 18.8 Å². The van der Waals surface area contributed by atoms with Gasteiger partial charge in [-0.1, -0.05) is 206 Å². The Morgan fingerprint density at radius 1 is 0.216 bits per heavy atom. The third-order valence-corrected chi connectivity index (χ3v) is 17.2. The van der Waals surface area contributed by atoms with Crippen molar-refractivity contribution in [2.45, 2.75) is 0 Å². The monoisotopic (exact) mass is 1120 g/mol. The third-order valence-electron chi connectivity index (χ3n) is 17.2. The average molecular weight is 1130 g/mol. The van der Waals surface area contributed by atoms with E-state index in [1.54, 1.807) is 0 Å². The molecule has 0 aliphatic carbocycles. The highest BCUT2D eigenvalue weighted by Gasteiger charge is 2.21. The van der Waals surface area contributed by atoms with Crippen LogP contribution in [0.3, 0.4) is 0 Å². The molecule has 16 aromatic carbocycles. The van der Waals surface area contributed by atoms with Crippen molar-refractivity contribution in [3.63, 3.8) is 0 Å². The lowest BCUT2D eigenvalue weighted by molar-refractivity contribution is 0.623. The Morgan fingerprint density at radius 3 is 1.06 bits per heavy atom. The van der Waals surface area contributed by atoms with E-state index in [9.17, 15) is 0 Å². The van der Waals surface area contributed by atoms with Gasteiger partial charge in [0.15, 0.2) is 11.2 Å². The van der Waals surface area contributed by atoms with E-state index in [1.165, 1.54) is 43.1 Å². The maximum atomic E-state index is 6.52. The lowest BCUT2D eigenvalue weighted by atomic mass is 9.99. The number of hydrogen-bond donors (Lipinski definition) is 0. The standard InChI is InChI=1S/2C41H26N2O/c1-3-10-30(11-4-1)41-42-38-24-20-29-17-15-28-19-21-34(26-37(28)39(29)40(38)44-41)43(32-12-5-2-6-13-32)33-22-23-36-31(25-33)18-16-27-9-7-8-14-35(27)36;1-2-10-31(11-3-1)41-42-38-23-19-30-15-14-29-18-22-36(26-37(29)39(30)40(38)44-41)43(34-20-16-27-8-4-6-12-32(27)24-34)35-21-17-28-9-5-7-13-33(28)25-35/h2*1-26H. The van der Waals surface area contributed by atoms with E-state index >= 15 is 0 Å². The molecule has 0 spiro atoms. The van der Waals surface area contributed by atoms with Crippen LogP contribution in [0.5, 0.6) is 0 Å². The lowest BCUT2D eigenvalue weighted by Crippen LogP contribution is -2.10. The van der Waals surface area contributed by atoms with Crippen LogP contribution in [-0.2, 0) is 0 Å². The molecule has 6 heteroatoms. The number of fused-ring (bicyclic) bond motifs is 15. The van der Waals surface area contributed by atoms with Crippen molar-refractivity contribution in [1.82, 2.24) is 9.97 Å². The van der Waals surface area contributed by atoms with Crippen LogP contribution in [0.4, 0.5) is 34.1 Å². The van der Waals surface area contributed by atoms with Gasteiger partial charge in [-0.2, -0.15) is 0 Å². The van der Waals surface area contributed by atoms with Crippen molar-refractivity contribution in [3.05, 3.63) is 315 Å². The van der Waals surface area contributed by atoms with Crippen molar-refractivity contribution in [3.8, 4) is 22.9 Å². The molecule has 0 aliphatic heterocycles. The predicted octanol–water partition coefficient (Wildman–Crippen LogP) is 23.2. The summed E-state index contributed by atoms with van der Waals surface area (Å²) in [5.41, 5.74) is 11.9. The van der Waals surface area contributed by atoms with Crippen LogP contribution in [0.2, 0.25) is 0 Å². The summed E-state index contributed by atoms with van der Waals surface area (Å²) in [6.45, 7) is 0. The van der Waals surface area contributed by atoms with E-state index in [1.807, 2.05) is 60.7 Å². The van der Waals surface area contributed by atoms with Gasteiger partial charge in [-0.25, -0.2) is 9.97 Å². The van der Waals surface area contributed by atoms with Crippen LogP contribution in [-0.4, -0.2) is 9.97 Å². The van der Waals surface area contributed by atoms with E-state index in [0.717, 1.165) is 111 Å². The molecule has 0 bridgehead atoms.